The SMILES string of the molecule is Clc1ccccc1OCc1nc(-c2ccc(Br)cc2)no1. The van der Waals surface area contributed by atoms with Gasteiger partial charge in [0, 0.05) is 10.0 Å². The van der Waals surface area contributed by atoms with Crippen molar-refractivity contribution in [2.24, 2.45) is 0 Å². The Morgan fingerprint density at radius 2 is 1.86 bits per heavy atom. The van der Waals surface area contributed by atoms with Gasteiger partial charge in [-0.25, -0.2) is 0 Å². The lowest BCUT2D eigenvalue weighted by Crippen LogP contribution is -1.96. The number of aromatic nitrogens is 2. The molecule has 0 aliphatic rings. The number of hydrogen-bond donors (Lipinski definition) is 0. The van der Waals surface area contributed by atoms with Crippen LogP contribution in [-0.2, 0) is 6.61 Å². The Morgan fingerprint density at radius 3 is 2.62 bits per heavy atom. The molecule has 0 saturated carbocycles. The number of rotatable bonds is 4. The van der Waals surface area contributed by atoms with E-state index in [4.69, 9.17) is 20.9 Å². The van der Waals surface area contributed by atoms with Gasteiger partial charge in [-0.15, -0.1) is 0 Å². The van der Waals surface area contributed by atoms with E-state index in [1.54, 1.807) is 12.1 Å². The summed E-state index contributed by atoms with van der Waals surface area (Å²) in [4.78, 5) is 4.29. The number of halogens is 2. The van der Waals surface area contributed by atoms with Crippen molar-refractivity contribution in [2.75, 3.05) is 0 Å². The van der Waals surface area contributed by atoms with Crippen LogP contribution in [0.15, 0.2) is 57.5 Å². The van der Waals surface area contributed by atoms with Crippen LogP contribution in [0.4, 0.5) is 0 Å². The zero-order chi connectivity index (χ0) is 14.7. The molecule has 0 spiro atoms. The second-order valence-electron chi connectivity index (χ2n) is 4.24. The van der Waals surface area contributed by atoms with Gasteiger partial charge in [-0.3, -0.25) is 0 Å². The Kier molecular flexibility index (Phi) is 4.22. The second kappa shape index (κ2) is 6.28. The minimum atomic E-state index is 0.174. The Balaban J connectivity index is 1.71. The monoisotopic (exact) mass is 364 g/mol. The van der Waals surface area contributed by atoms with Gasteiger partial charge in [-0.2, -0.15) is 4.98 Å². The Labute approximate surface area is 134 Å². The van der Waals surface area contributed by atoms with E-state index >= 15 is 0 Å². The van der Waals surface area contributed by atoms with Gasteiger partial charge < -0.3 is 9.26 Å². The van der Waals surface area contributed by atoms with Crippen LogP contribution in [0.3, 0.4) is 0 Å². The molecule has 1 aromatic heterocycles. The molecule has 3 rings (SSSR count). The van der Waals surface area contributed by atoms with Gasteiger partial charge in [0.25, 0.3) is 5.89 Å². The molecule has 0 aliphatic carbocycles. The van der Waals surface area contributed by atoms with E-state index in [-0.39, 0.29) is 6.61 Å². The first-order valence-corrected chi connectivity index (χ1v) is 7.35. The van der Waals surface area contributed by atoms with Gasteiger partial charge in [0.2, 0.25) is 5.82 Å². The quantitative estimate of drug-likeness (QED) is 0.670. The molecule has 0 amide bonds. The standard InChI is InChI=1S/C15H10BrClN2O2/c16-11-7-5-10(6-8-11)15-18-14(21-19-15)9-20-13-4-2-1-3-12(13)17/h1-8H,9H2. The number of ether oxygens (including phenoxy) is 1. The van der Waals surface area contributed by atoms with Crippen LogP contribution >= 0.6 is 27.5 Å². The lowest BCUT2D eigenvalue weighted by atomic mass is 10.2. The highest BCUT2D eigenvalue weighted by Crippen LogP contribution is 2.24. The van der Waals surface area contributed by atoms with Crippen molar-refractivity contribution in [3.63, 3.8) is 0 Å². The number of nitrogens with zero attached hydrogens (tertiary/aromatic N) is 2. The maximum atomic E-state index is 6.01. The molecule has 4 nitrogen and oxygen atoms in total. The fourth-order valence-electron chi connectivity index (χ4n) is 1.73. The van der Waals surface area contributed by atoms with E-state index in [9.17, 15) is 0 Å². The minimum Gasteiger partial charge on any atom is -0.482 e. The van der Waals surface area contributed by atoms with Crippen molar-refractivity contribution in [3.8, 4) is 17.1 Å². The van der Waals surface area contributed by atoms with Gasteiger partial charge in [0.05, 0.1) is 5.02 Å². The highest BCUT2D eigenvalue weighted by molar-refractivity contribution is 9.10. The van der Waals surface area contributed by atoms with Gasteiger partial charge in [0.1, 0.15) is 5.75 Å². The average Bonchev–Trinajstić information content (AvgIpc) is 2.96. The van der Waals surface area contributed by atoms with Crippen LogP contribution in [0.2, 0.25) is 5.02 Å². The lowest BCUT2D eigenvalue weighted by Gasteiger charge is -2.04. The van der Waals surface area contributed by atoms with E-state index in [0.717, 1.165) is 10.0 Å². The molecule has 0 fully saturated rings. The first-order valence-electron chi connectivity index (χ1n) is 6.18. The number of benzene rings is 2. The summed E-state index contributed by atoms with van der Waals surface area (Å²) < 4.78 is 11.7. The molecule has 3 aromatic rings. The average molecular weight is 366 g/mol. The second-order valence-corrected chi connectivity index (χ2v) is 5.56. The Morgan fingerprint density at radius 1 is 1.10 bits per heavy atom. The molecule has 0 saturated heterocycles. The largest absolute Gasteiger partial charge is 0.482 e. The predicted molar refractivity (Wildman–Crippen MR) is 83.2 cm³/mol. The van der Waals surface area contributed by atoms with Gasteiger partial charge in [-0.05, 0) is 36.4 Å². The van der Waals surface area contributed by atoms with E-state index in [2.05, 4.69) is 26.1 Å². The van der Waals surface area contributed by atoms with Crippen LogP contribution in [0.1, 0.15) is 5.89 Å². The zero-order valence-corrected chi connectivity index (χ0v) is 13.1. The van der Waals surface area contributed by atoms with Gasteiger partial charge >= 0.3 is 0 Å². The summed E-state index contributed by atoms with van der Waals surface area (Å²) in [7, 11) is 0. The molecule has 0 bridgehead atoms. The molecule has 0 atom stereocenters. The maximum absolute atomic E-state index is 6.01. The Bertz CT molecular complexity index is 743. The van der Waals surface area contributed by atoms with Crippen molar-refractivity contribution >= 4 is 27.5 Å². The highest BCUT2D eigenvalue weighted by Gasteiger charge is 2.10. The van der Waals surface area contributed by atoms with E-state index in [0.29, 0.717) is 22.5 Å². The summed E-state index contributed by atoms with van der Waals surface area (Å²) in [6.07, 6.45) is 0. The molecule has 1 heterocycles. The normalized spacial score (nSPS) is 10.6. The van der Waals surface area contributed by atoms with E-state index in [1.165, 1.54) is 0 Å². The van der Waals surface area contributed by atoms with Gasteiger partial charge in [-0.1, -0.05) is 44.8 Å². The molecule has 0 unspecified atom stereocenters. The molecular formula is C15H10BrClN2O2. The molecular weight excluding hydrogens is 356 g/mol. The first kappa shape index (κ1) is 14.1. The van der Waals surface area contributed by atoms with Crippen LogP contribution in [0.5, 0.6) is 5.75 Å². The lowest BCUT2D eigenvalue weighted by molar-refractivity contribution is 0.243. The highest BCUT2D eigenvalue weighted by atomic mass is 79.9. The molecule has 0 N–H and O–H groups in total. The van der Waals surface area contributed by atoms with Crippen molar-refractivity contribution in [1.29, 1.82) is 0 Å². The third-order valence-electron chi connectivity index (χ3n) is 2.76. The fraction of sp³-hybridized carbons (Fsp3) is 0.0667. The van der Waals surface area contributed by atoms with Crippen LogP contribution < -0.4 is 4.74 Å². The van der Waals surface area contributed by atoms with Crippen LogP contribution in [-0.4, -0.2) is 10.1 Å². The van der Waals surface area contributed by atoms with Crippen molar-refractivity contribution in [2.45, 2.75) is 6.61 Å². The third-order valence-corrected chi connectivity index (χ3v) is 3.60. The summed E-state index contributed by atoms with van der Waals surface area (Å²) >= 11 is 9.39. The number of hydrogen-bond acceptors (Lipinski definition) is 4. The number of para-hydroxylation sites is 1. The summed E-state index contributed by atoms with van der Waals surface area (Å²) in [5.74, 6) is 1.51. The molecule has 0 aliphatic heterocycles. The molecule has 6 heteroatoms. The van der Waals surface area contributed by atoms with Crippen LogP contribution in [0, 0.1) is 0 Å². The van der Waals surface area contributed by atoms with Crippen molar-refractivity contribution in [3.05, 3.63) is 63.9 Å². The molecule has 0 radical (unpaired) electrons. The first-order chi connectivity index (χ1) is 10.2. The Hall–Kier alpha value is -1.85. The van der Waals surface area contributed by atoms with Gasteiger partial charge in [0.15, 0.2) is 6.61 Å². The summed E-state index contributed by atoms with van der Waals surface area (Å²) in [5.41, 5.74) is 0.881. The van der Waals surface area contributed by atoms with E-state index < -0.39 is 0 Å². The molecule has 2 aromatic carbocycles. The predicted octanol–water partition coefficient (Wildman–Crippen LogP) is 4.73. The van der Waals surface area contributed by atoms with Crippen molar-refractivity contribution in [1.82, 2.24) is 10.1 Å². The third kappa shape index (κ3) is 3.43. The topological polar surface area (TPSA) is 48.2 Å². The zero-order valence-electron chi connectivity index (χ0n) is 10.8. The van der Waals surface area contributed by atoms with Crippen molar-refractivity contribution < 1.29 is 9.26 Å². The smallest absolute Gasteiger partial charge is 0.264 e. The minimum absolute atomic E-state index is 0.174. The summed E-state index contributed by atoms with van der Waals surface area (Å²) in [5, 5.41) is 4.48. The van der Waals surface area contributed by atoms with E-state index in [1.807, 2.05) is 36.4 Å². The van der Waals surface area contributed by atoms with Crippen LogP contribution in [0.25, 0.3) is 11.4 Å². The molecule has 21 heavy (non-hydrogen) atoms. The fourth-order valence-corrected chi connectivity index (χ4v) is 2.19. The maximum Gasteiger partial charge on any atom is 0.264 e. The summed E-state index contributed by atoms with van der Waals surface area (Å²) in [6.45, 7) is 0.174. The molecule has 106 valence electrons. The summed E-state index contributed by atoms with van der Waals surface area (Å²) in [6, 6.07) is 14.9.